The summed E-state index contributed by atoms with van der Waals surface area (Å²) >= 11 is 0. The second-order valence-corrected chi connectivity index (χ2v) is 8.03. The highest BCUT2D eigenvalue weighted by molar-refractivity contribution is 5.94. The van der Waals surface area contributed by atoms with Gasteiger partial charge in [-0.3, -0.25) is 4.79 Å². The fourth-order valence-electron chi connectivity index (χ4n) is 3.83. The van der Waals surface area contributed by atoms with E-state index in [-0.39, 0.29) is 12.5 Å². The summed E-state index contributed by atoms with van der Waals surface area (Å²) in [6.07, 6.45) is 0. The van der Waals surface area contributed by atoms with Crippen LogP contribution in [0.1, 0.15) is 25.0 Å². The molecule has 0 saturated carbocycles. The number of hydrogen-bond acceptors (Lipinski definition) is 5. The summed E-state index contributed by atoms with van der Waals surface area (Å²) in [7, 11) is 0. The number of rotatable bonds is 8. The Morgan fingerprint density at radius 3 is 2.45 bits per heavy atom. The van der Waals surface area contributed by atoms with Crippen molar-refractivity contribution in [3.05, 3.63) is 71.8 Å². The lowest BCUT2D eigenvalue weighted by Crippen LogP contribution is -2.21. The van der Waals surface area contributed by atoms with E-state index in [1.807, 2.05) is 56.3 Å². The minimum Gasteiger partial charge on any atom is -0.483 e. The van der Waals surface area contributed by atoms with Crippen molar-refractivity contribution in [2.24, 2.45) is 0 Å². The fourth-order valence-corrected chi connectivity index (χ4v) is 3.83. The van der Waals surface area contributed by atoms with Crippen LogP contribution in [-0.4, -0.2) is 30.6 Å². The van der Waals surface area contributed by atoms with Crippen molar-refractivity contribution >= 4 is 28.4 Å². The third kappa shape index (κ3) is 5.17. The second kappa shape index (κ2) is 9.77. The number of carbonyl (C=O) groups excluding carboxylic acids is 1. The number of amides is 1. The number of anilines is 2. The smallest absolute Gasteiger partial charge is 0.262 e. The van der Waals surface area contributed by atoms with E-state index in [1.54, 1.807) is 6.07 Å². The van der Waals surface area contributed by atoms with Crippen molar-refractivity contribution in [1.82, 2.24) is 4.98 Å². The van der Waals surface area contributed by atoms with Crippen LogP contribution in [0.15, 0.2) is 65.1 Å². The summed E-state index contributed by atoms with van der Waals surface area (Å²) in [5.41, 5.74) is 6.25. The van der Waals surface area contributed by atoms with Crippen LogP contribution in [0, 0.1) is 13.8 Å². The highest BCUT2D eigenvalue weighted by Crippen LogP contribution is 2.28. The number of hydrogen-bond donors (Lipinski definition) is 1. The Kier molecular flexibility index (Phi) is 6.63. The highest BCUT2D eigenvalue weighted by atomic mass is 16.5. The van der Waals surface area contributed by atoms with Crippen molar-refractivity contribution in [2.75, 3.05) is 29.9 Å². The molecule has 1 aromatic heterocycles. The Morgan fingerprint density at radius 2 is 1.76 bits per heavy atom. The van der Waals surface area contributed by atoms with E-state index < -0.39 is 0 Å². The predicted octanol–water partition coefficient (Wildman–Crippen LogP) is 5.98. The van der Waals surface area contributed by atoms with E-state index in [1.165, 1.54) is 5.69 Å². The molecule has 6 heteroatoms. The molecule has 0 fully saturated rings. The zero-order valence-electron chi connectivity index (χ0n) is 19.5. The van der Waals surface area contributed by atoms with Crippen molar-refractivity contribution in [3.63, 3.8) is 0 Å². The van der Waals surface area contributed by atoms with Gasteiger partial charge in [0.15, 0.2) is 12.2 Å². The standard InChI is InChI=1S/C27H29N3O3/c1-5-30(6-2)22-11-8-20(9-12-22)27-29-23-16-21(10-14-25(23)33-27)28-26(31)17-32-24-13-7-18(3)15-19(24)4/h7-16H,5-6,17H2,1-4H3,(H,28,31). The maximum atomic E-state index is 12.4. The minimum absolute atomic E-state index is 0.0646. The molecule has 0 aliphatic rings. The van der Waals surface area contributed by atoms with Gasteiger partial charge in [-0.25, -0.2) is 4.98 Å². The highest BCUT2D eigenvalue weighted by Gasteiger charge is 2.12. The van der Waals surface area contributed by atoms with E-state index in [9.17, 15) is 4.79 Å². The van der Waals surface area contributed by atoms with E-state index >= 15 is 0 Å². The van der Waals surface area contributed by atoms with Gasteiger partial charge < -0.3 is 19.4 Å². The summed E-state index contributed by atoms with van der Waals surface area (Å²) in [6.45, 7) is 10.1. The van der Waals surface area contributed by atoms with Gasteiger partial charge in [-0.1, -0.05) is 17.7 Å². The molecule has 0 atom stereocenters. The molecule has 6 nitrogen and oxygen atoms in total. The average molecular weight is 444 g/mol. The number of carbonyl (C=O) groups is 1. The molecule has 33 heavy (non-hydrogen) atoms. The normalized spacial score (nSPS) is 10.9. The van der Waals surface area contributed by atoms with Gasteiger partial charge in [0, 0.05) is 30.0 Å². The van der Waals surface area contributed by atoms with Crippen LogP contribution in [0.25, 0.3) is 22.6 Å². The molecule has 1 amide bonds. The fraction of sp³-hybridized carbons (Fsp3) is 0.259. The van der Waals surface area contributed by atoms with Crippen LogP contribution in [0.2, 0.25) is 0 Å². The number of aryl methyl sites for hydroxylation is 2. The van der Waals surface area contributed by atoms with Crippen LogP contribution < -0.4 is 15.0 Å². The van der Waals surface area contributed by atoms with Crippen LogP contribution >= 0.6 is 0 Å². The first-order valence-electron chi connectivity index (χ1n) is 11.2. The molecule has 0 aliphatic heterocycles. The molecule has 0 spiro atoms. The molecule has 4 aromatic rings. The van der Waals surface area contributed by atoms with Gasteiger partial charge >= 0.3 is 0 Å². The van der Waals surface area contributed by atoms with E-state index in [0.717, 1.165) is 29.8 Å². The molecule has 0 aliphatic carbocycles. The lowest BCUT2D eigenvalue weighted by molar-refractivity contribution is -0.118. The minimum atomic E-state index is -0.231. The topological polar surface area (TPSA) is 67.6 Å². The molecule has 1 heterocycles. The number of ether oxygens (including phenoxy) is 1. The number of oxazole rings is 1. The van der Waals surface area contributed by atoms with Crippen molar-refractivity contribution in [1.29, 1.82) is 0 Å². The Labute approximate surface area is 194 Å². The van der Waals surface area contributed by atoms with Gasteiger partial charge in [0.25, 0.3) is 5.91 Å². The first kappa shape index (κ1) is 22.4. The van der Waals surface area contributed by atoms with Gasteiger partial charge in [-0.2, -0.15) is 0 Å². The molecular formula is C27H29N3O3. The van der Waals surface area contributed by atoms with Crippen LogP contribution in [-0.2, 0) is 4.79 Å². The summed E-state index contributed by atoms with van der Waals surface area (Å²) < 4.78 is 11.6. The number of benzene rings is 3. The molecule has 0 bridgehead atoms. The molecule has 0 unspecified atom stereocenters. The Morgan fingerprint density at radius 1 is 1.00 bits per heavy atom. The number of aromatic nitrogens is 1. The zero-order chi connectivity index (χ0) is 23.4. The SMILES string of the molecule is CCN(CC)c1ccc(-c2nc3cc(NC(=O)COc4ccc(C)cc4C)ccc3o2)cc1. The average Bonchev–Trinajstić information content (AvgIpc) is 3.23. The summed E-state index contributed by atoms with van der Waals surface area (Å²) in [5.74, 6) is 1.03. The van der Waals surface area contributed by atoms with Crippen LogP contribution in [0.3, 0.4) is 0 Å². The summed E-state index contributed by atoms with van der Waals surface area (Å²) in [4.78, 5) is 19.3. The number of nitrogens with zero attached hydrogens (tertiary/aromatic N) is 2. The molecule has 0 saturated heterocycles. The lowest BCUT2D eigenvalue weighted by Gasteiger charge is -2.20. The lowest BCUT2D eigenvalue weighted by atomic mass is 10.1. The van der Waals surface area contributed by atoms with E-state index in [4.69, 9.17) is 9.15 Å². The second-order valence-electron chi connectivity index (χ2n) is 8.03. The molecular weight excluding hydrogens is 414 g/mol. The number of nitrogens with one attached hydrogen (secondary N) is 1. The number of fused-ring (bicyclic) bond motifs is 1. The Hall–Kier alpha value is -3.80. The van der Waals surface area contributed by atoms with Crippen LogP contribution in [0.5, 0.6) is 5.75 Å². The summed E-state index contributed by atoms with van der Waals surface area (Å²) in [6, 6.07) is 19.5. The van der Waals surface area contributed by atoms with Crippen molar-refractivity contribution in [2.45, 2.75) is 27.7 Å². The molecule has 170 valence electrons. The maximum Gasteiger partial charge on any atom is 0.262 e. The van der Waals surface area contributed by atoms with E-state index in [2.05, 4.69) is 41.2 Å². The summed E-state index contributed by atoms with van der Waals surface area (Å²) in [5, 5.41) is 2.87. The monoisotopic (exact) mass is 443 g/mol. The van der Waals surface area contributed by atoms with Crippen LogP contribution in [0.4, 0.5) is 11.4 Å². The largest absolute Gasteiger partial charge is 0.483 e. The van der Waals surface area contributed by atoms with Gasteiger partial charge in [0.05, 0.1) is 0 Å². The maximum absolute atomic E-state index is 12.4. The molecule has 0 radical (unpaired) electrons. The van der Waals surface area contributed by atoms with Gasteiger partial charge in [0.2, 0.25) is 5.89 Å². The van der Waals surface area contributed by atoms with Gasteiger partial charge in [-0.15, -0.1) is 0 Å². The van der Waals surface area contributed by atoms with E-state index in [0.29, 0.717) is 28.4 Å². The van der Waals surface area contributed by atoms with Crippen molar-refractivity contribution < 1.29 is 13.9 Å². The molecule has 3 aromatic carbocycles. The molecule has 4 rings (SSSR count). The first-order valence-corrected chi connectivity index (χ1v) is 11.2. The van der Waals surface area contributed by atoms with Gasteiger partial charge in [0.1, 0.15) is 11.3 Å². The Bertz CT molecular complexity index is 1260. The van der Waals surface area contributed by atoms with Crippen molar-refractivity contribution in [3.8, 4) is 17.2 Å². The zero-order valence-corrected chi connectivity index (χ0v) is 19.5. The third-order valence-electron chi connectivity index (χ3n) is 5.60. The molecule has 1 N–H and O–H groups in total. The quantitative estimate of drug-likeness (QED) is 0.363. The Balaban J connectivity index is 1.43. The predicted molar refractivity (Wildman–Crippen MR) is 133 cm³/mol. The first-order chi connectivity index (χ1) is 16.0. The third-order valence-corrected chi connectivity index (χ3v) is 5.60. The van der Waals surface area contributed by atoms with Gasteiger partial charge in [-0.05, 0) is 81.8 Å².